The van der Waals surface area contributed by atoms with Gasteiger partial charge in [0.05, 0.1) is 0 Å². The minimum Gasteiger partial charge on any atom is -0.375 e. The summed E-state index contributed by atoms with van der Waals surface area (Å²) in [5.41, 5.74) is 7.05. The third-order valence-electron chi connectivity index (χ3n) is 4.75. The van der Waals surface area contributed by atoms with E-state index in [0.717, 1.165) is 37.4 Å². The van der Waals surface area contributed by atoms with Crippen molar-refractivity contribution in [1.82, 2.24) is 20.3 Å². The summed E-state index contributed by atoms with van der Waals surface area (Å²) in [4.78, 5) is 27.2. The Morgan fingerprint density at radius 2 is 2.08 bits per heavy atom. The highest BCUT2D eigenvalue weighted by molar-refractivity contribution is 7.13. The number of rotatable bonds is 4. The standard InChI is InChI=1S/C16H20N6OS/c17-16-21-13(8-24-16)15(23)20-11-5-10(6-11)12-7-14(19-9-18-12)22-3-1-2-4-22/h7-11H,1-6H2,(H2,17,21)(H,20,23). The van der Waals surface area contributed by atoms with Gasteiger partial charge in [0.15, 0.2) is 5.13 Å². The van der Waals surface area contributed by atoms with Gasteiger partial charge in [-0.2, -0.15) is 0 Å². The zero-order chi connectivity index (χ0) is 16.5. The molecule has 0 atom stereocenters. The number of thiazole rings is 1. The van der Waals surface area contributed by atoms with Crippen LogP contribution in [0.2, 0.25) is 0 Å². The van der Waals surface area contributed by atoms with E-state index >= 15 is 0 Å². The van der Waals surface area contributed by atoms with Crippen LogP contribution in [0.1, 0.15) is 47.8 Å². The van der Waals surface area contributed by atoms with Crippen molar-refractivity contribution in [3.05, 3.63) is 29.2 Å². The second kappa shape index (κ2) is 6.35. The molecule has 0 bridgehead atoms. The number of nitrogens with zero attached hydrogens (tertiary/aromatic N) is 4. The van der Waals surface area contributed by atoms with Crippen molar-refractivity contribution < 1.29 is 4.79 Å². The maximum absolute atomic E-state index is 12.1. The summed E-state index contributed by atoms with van der Waals surface area (Å²) in [6.07, 6.45) is 5.94. The SMILES string of the molecule is Nc1nc(C(=O)NC2CC(c3cc(N4CCCC4)ncn3)C2)cs1. The Morgan fingerprint density at radius 3 is 2.79 bits per heavy atom. The molecular weight excluding hydrogens is 324 g/mol. The number of hydrogen-bond donors (Lipinski definition) is 2. The van der Waals surface area contributed by atoms with Crippen molar-refractivity contribution in [1.29, 1.82) is 0 Å². The van der Waals surface area contributed by atoms with Crippen molar-refractivity contribution in [2.75, 3.05) is 23.7 Å². The first-order chi connectivity index (χ1) is 11.7. The van der Waals surface area contributed by atoms with Gasteiger partial charge in [0.2, 0.25) is 0 Å². The van der Waals surface area contributed by atoms with Gasteiger partial charge in [-0.15, -0.1) is 11.3 Å². The summed E-state index contributed by atoms with van der Waals surface area (Å²) in [6.45, 7) is 2.16. The van der Waals surface area contributed by atoms with Crippen LogP contribution in [0, 0.1) is 0 Å². The Kier molecular flexibility index (Phi) is 4.05. The predicted octanol–water partition coefficient (Wildman–Crippen LogP) is 1.79. The molecule has 24 heavy (non-hydrogen) atoms. The molecule has 0 unspecified atom stereocenters. The fraction of sp³-hybridized carbons (Fsp3) is 0.500. The highest BCUT2D eigenvalue weighted by Crippen LogP contribution is 2.37. The maximum Gasteiger partial charge on any atom is 0.271 e. The summed E-state index contributed by atoms with van der Waals surface area (Å²) in [5, 5.41) is 5.12. The quantitative estimate of drug-likeness (QED) is 0.878. The lowest BCUT2D eigenvalue weighted by atomic mass is 9.78. The molecule has 2 aromatic heterocycles. The van der Waals surface area contributed by atoms with Crippen LogP contribution in [0.15, 0.2) is 17.8 Å². The summed E-state index contributed by atoms with van der Waals surface area (Å²) < 4.78 is 0. The number of amides is 1. The number of carbonyl (C=O) groups excluding carboxylic acids is 1. The van der Waals surface area contributed by atoms with Crippen molar-refractivity contribution in [2.45, 2.75) is 37.6 Å². The molecule has 0 radical (unpaired) electrons. The van der Waals surface area contributed by atoms with Gasteiger partial charge >= 0.3 is 0 Å². The van der Waals surface area contributed by atoms with Crippen LogP contribution in [0.5, 0.6) is 0 Å². The number of aromatic nitrogens is 3. The van der Waals surface area contributed by atoms with E-state index in [4.69, 9.17) is 5.73 Å². The molecule has 0 aromatic carbocycles. The van der Waals surface area contributed by atoms with Gasteiger partial charge in [0.25, 0.3) is 5.91 Å². The van der Waals surface area contributed by atoms with Crippen LogP contribution in [0.4, 0.5) is 10.9 Å². The Morgan fingerprint density at radius 1 is 1.29 bits per heavy atom. The number of hydrogen-bond acceptors (Lipinski definition) is 7. The first kappa shape index (κ1) is 15.3. The average Bonchev–Trinajstić information content (AvgIpc) is 3.22. The van der Waals surface area contributed by atoms with E-state index in [1.165, 1.54) is 24.2 Å². The van der Waals surface area contributed by atoms with E-state index < -0.39 is 0 Å². The Hall–Kier alpha value is -2.22. The topological polar surface area (TPSA) is 97.0 Å². The number of carbonyl (C=O) groups is 1. The summed E-state index contributed by atoms with van der Waals surface area (Å²) >= 11 is 1.28. The molecule has 1 aliphatic heterocycles. The molecule has 1 amide bonds. The van der Waals surface area contributed by atoms with Crippen molar-refractivity contribution >= 4 is 28.2 Å². The van der Waals surface area contributed by atoms with Crippen molar-refractivity contribution in [2.24, 2.45) is 0 Å². The smallest absolute Gasteiger partial charge is 0.271 e. The summed E-state index contributed by atoms with van der Waals surface area (Å²) in [6, 6.07) is 2.28. The molecule has 7 nitrogen and oxygen atoms in total. The lowest BCUT2D eigenvalue weighted by Crippen LogP contribution is -2.43. The molecule has 2 aromatic rings. The zero-order valence-electron chi connectivity index (χ0n) is 13.3. The third kappa shape index (κ3) is 3.06. The highest BCUT2D eigenvalue weighted by Gasteiger charge is 2.33. The molecule has 126 valence electrons. The molecule has 3 N–H and O–H groups in total. The first-order valence-electron chi connectivity index (χ1n) is 8.28. The third-order valence-corrected chi connectivity index (χ3v) is 5.42. The van der Waals surface area contributed by atoms with Gasteiger partial charge in [0.1, 0.15) is 17.8 Å². The first-order valence-corrected chi connectivity index (χ1v) is 9.16. The van der Waals surface area contributed by atoms with Gasteiger partial charge in [-0.05, 0) is 25.7 Å². The van der Waals surface area contributed by atoms with Gasteiger partial charge in [-0.3, -0.25) is 4.79 Å². The van der Waals surface area contributed by atoms with Gasteiger partial charge < -0.3 is 16.0 Å². The van der Waals surface area contributed by atoms with E-state index in [9.17, 15) is 4.79 Å². The fourth-order valence-corrected chi connectivity index (χ4v) is 3.88. The minimum absolute atomic E-state index is 0.146. The van der Waals surface area contributed by atoms with E-state index in [1.807, 2.05) is 0 Å². The Labute approximate surface area is 144 Å². The molecule has 1 aliphatic carbocycles. The zero-order valence-corrected chi connectivity index (χ0v) is 14.1. The molecule has 1 saturated carbocycles. The van der Waals surface area contributed by atoms with Gasteiger partial charge in [0, 0.05) is 42.2 Å². The number of nitrogens with one attached hydrogen (secondary N) is 1. The van der Waals surface area contributed by atoms with Crippen LogP contribution in [-0.4, -0.2) is 40.0 Å². The Bertz CT molecular complexity index is 736. The minimum atomic E-state index is -0.146. The van der Waals surface area contributed by atoms with E-state index in [1.54, 1.807) is 11.7 Å². The monoisotopic (exact) mass is 344 g/mol. The number of nitrogen functional groups attached to an aromatic ring is 1. The fourth-order valence-electron chi connectivity index (χ4n) is 3.33. The maximum atomic E-state index is 12.1. The Balaban J connectivity index is 1.34. The second-order valence-corrected chi connectivity index (χ2v) is 7.29. The average molecular weight is 344 g/mol. The lowest BCUT2D eigenvalue weighted by Gasteiger charge is -2.35. The summed E-state index contributed by atoms with van der Waals surface area (Å²) in [5.74, 6) is 1.27. The van der Waals surface area contributed by atoms with Gasteiger partial charge in [-0.25, -0.2) is 15.0 Å². The molecule has 8 heteroatoms. The molecule has 4 rings (SSSR count). The van der Waals surface area contributed by atoms with E-state index in [0.29, 0.717) is 16.7 Å². The van der Waals surface area contributed by atoms with Crippen LogP contribution in [0.25, 0.3) is 0 Å². The van der Waals surface area contributed by atoms with E-state index in [2.05, 4.69) is 31.2 Å². The van der Waals surface area contributed by atoms with Crippen LogP contribution >= 0.6 is 11.3 Å². The van der Waals surface area contributed by atoms with Crippen LogP contribution < -0.4 is 16.0 Å². The number of anilines is 2. The molecule has 2 fully saturated rings. The second-order valence-electron chi connectivity index (χ2n) is 6.40. The van der Waals surface area contributed by atoms with Crippen LogP contribution in [-0.2, 0) is 0 Å². The largest absolute Gasteiger partial charge is 0.375 e. The molecule has 2 aliphatic rings. The highest BCUT2D eigenvalue weighted by atomic mass is 32.1. The molecule has 1 saturated heterocycles. The predicted molar refractivity (Wildman–Crippen MR) is 93.2 cm³/mol. The van der Waals surface area contributed by atoms with Crippen molar-refractivity contribution in [3.8, 4) is 0 Å². The van der Waals surface area contributed by atoms with Crippen molar-refractivity contribution in [3.63, 3.8) is 0 Å². The van der Waals surface area contributed by atoms with Gasteiger partial charge in [-0.1, -0.05) is 0 Å². The molecule has 0 spiro atoms. The normalized spacial score (nSPS) is 23.1. The van der Waals surface area contributed by atoms with E-state index in [-0.39, 0.29) is 11.9 Å². The van der Waals surface area contributed by atoms with Crippen LogP contribution in [0.3, 0.4) is 0 Å². The summed E-state index contributed by atoms with van der Waals surface area (Å²) in [7, 11) is 0. The number of nitrogens with two attached hydrogens (primary N) is 1. The molecule has 3 heterocycles. The molecular formula is C16H20N6OS. The lowest BCUT2D eigenvalue weighted by molar-refractivity contribution is 0.0904.